The Bertz CT molecular complexity index is 652. The lowest BCUT2D eigenvalue weighted by Gasteiger charge is -2.26. The fourth-order valence-electron chi connectivity index (χ4n) is 2.82. The summed E-state index contributed by atoms with van der Waals surface area (Å²) in [5.41, 5.74) is -0.629. The SMILES string of the molecule is CCC1(C(=O)Nc2cc(S(N)(=O)=O)ccc2F)CCCC1. The molecular formula is C14H19FN2O3S. The van der Waals surface area contributed by atoms with Crippen LogP contribution in [0.15, 0.2) is 23.1 Å². The van der Waals surface area contributed by atoms with E-state index in [0.717, 1.165) is 43.9 Å². The van der Waals surface area contributed by atoms with Gasteiger partial charge in [-0.3, -0.25) is 4.79 Å². The molecule has 0 spiro atoms. The second-order valence-electron chi connectivity index (χ2n) is 5.48. The van der Waals surface area contributed by atoms with Gasteiger partial charge < -0.3 is 5.32 Å². The van der Waals surface area contributed by atoms with E-state index in [1.807, 2.05) is 6.92 Å². The predicted molar refractivity (Wildman–Crippen MR) is 77.6 cm³/mol. The second kappa shape index (κ2) is 5.73. The fraction of sp³-hybridized carbons (Fsp3) is 0.500. The molecule has 0 radical (unpaired) electrons. The van der Waals surface area contributed by atoms with E-state index in [9.17, 15) is 17.6 Å². The van der Waals surface area contributed by atoms with Crippen LogP contribution in [-0.4, -0.2) is 14.3 Å². The lowest BCUT2D eigenvalue weighted by molar-refractivity contribution is -0.125. The Balaban J connectivity index is 2.29. The highest BCUT2D eigenvalue weighted by atomic mass is 32.2. The van der Waals surface area contributed by atoms with Crippen molar-refractivity contribution in [1.29, 1.82) is 0 Å². The third kappa shape index (κ3) is 3.24. The standard InChI is InChI=1S/C14H19FN2O3S/c1-2-14(7-3-4-8-14)13(18)17-12-9-10(21(16,19)20)5-6-11(12)15/h5-6,9H,2-4,7-8H2,1H3,(H,17,18)(H2,16,19,20). The van der Waals surface area contributed by atoms with E-state index < -0.39 is 21.3 Å². The van der Waals surface area contributed by atoms with Crippen LogP contribution < -0.4 is 10.5 Å². The average Bonchev–Trinajstić information content (AvgIpc) is 2.90. The van der Waals surface area contributed by atoms with Gasteiger partial charge in [0.2, 0.25) is 15.9 Å². The number of rotatable bonds is 4. The van der Waals surface area contributed by atoms with Crippen molar-refractivity contribution in [2.45, 2.75) is 43.9 Å². The summed E-state index contributed by atoms with van der Waals surface area (Å²) >= 11 is 0. The van der Waals surface area contributed by atoms with Crippen LogP contribution in [0.4, 0.5) is 10.1 Å². The zero-order valence-corrected chi connectivity index (χ0v) is 12.7. The van der Waals surface area contributed by atoms with Gasteiger partial charge in [-0.25, -0.2) is 17.9 Å². The molecular weight excluding hydrogens is 295 g/mol. The number of anilines is 1. The molecule has 1 aliphatic rings. The molecule has 1 amide bonds. The van der Waals surface area contributed by atoms with E-state index in [1.165, 1.54) is 0 Å². The van der Waals surface area contributed by atoms with Crippen LogP contribution in [0.1, 0.15) is 39.0 Å². The summed E-state index contributed by atoms with van der Waals surface area (Å²) in [5, 5.41) is 7.54. The van der Waals surface area contributed by atoms with Gasteiger partial charge in [0.25, 0.3) is 0 Å². The summed E-state index contributed by atoms with van der Waals surface area (Å²) in [4.78, 5) is 12.2. The average molecular weight is 314 g/mol. The summed E-state index contributed by atoms with van der Waals surface area (Å²) in [6.07, 6.45) is 4.16. The van der Waals surface area contributed by atoms with Gasteiger partial charge >= 0.3 is 0 Å². The number of amides is 1. The smallest absolute Gasteiger partial charge is 0.238 e. The summed E-state index contributed by atoms with van der Waals surface area (Å²) < 4.78 is 36.4. The molecule has 3 N–H and O–H groups in total. The quantitative estimate of drug-likeness (QED) is 0.894. The Morgan fingerprint density at radius 2 is 2.00 bits per heavy atom. The number of benzene rings is 1. The maximum atomic E-state index is 13.8. The van der Waals surface area contributed by atoms with Gasteiger partial charge in [-0.05, 0) is 37.5 Å². The van der Waals surface area contributed by atoms with Gasteiger partial charge in [0.1, 0.15) is 5.82 Å². The number of primary sulfonamides is 1. The Labute approximate surface area is 123 Å². The minimum atomic E-state index is -3.94. The maximum Gasteiger partial charge on any atom is 0.238 e. The largest absolute Gasteiger partial charge is 0.323 e. The Kier molecular flexibility index (Phi) is 4.34. The third-order valence-corrected chi connectivity index (χ3v) is 5.14. The third-order valence-electron chi connectivity index (χ3n) is 4.23. The number of hydrogen-bond donors (Lipinski definition) is 2. The predicted octanol–water partition coefficient (Wildman–Crippen LogP) is 2.38. The van der Waals surface area contributed by atoms with E-state index in [1.54, 1.807) is 0 Å². The summed E-state index contributed by atoms with van der Waals surface area (Å²) in [7, 11) is -3.94. The molecule has 0 unspecified atom stereocenters. The van der Waals surface area contributed by atoms with E-state index in [2.05, 4.69) is 5.32 Å². The first kappa shape index (κ1) is 15.9. The molecule has 0 aliphatic heterocycles. The summed E-state index contributed by atoms with van der Waals surface area (Å²) in [5.74, 6) is -0.937. The molecule has 1 fully saturated rings. The topological polar surface area (TPSA) is 89.3 Å². The lowest BCUT2D eigenvalue weighted by atomic mass is 9.82. The van der Waals surface area contributed by atoms with Crippen molar-refractivity contribution in [3.8, 4) is 0 Å². The molecule has 21 heavy (non-hydrogen) atoms. The van der Waals surface area contributed by atoms with Crippen molar-refractivity contribution < 1.29 is 17.6 Å². The van der Waals surface area contributed by atoms with Crippen LogP contribution in [-0.2, 0) is 14.8 Å². The van der Waals surface area contributed by atoms with Crippen molar-refractivity contribution >= 4 is 21.6 Å². The minimum absolute atomic E-state index is 0.147. The second-order valence-corrected chi connectivity index (χ2v) is 7.04. The molecule has 5 nitrogen and oxygen atoms in total. The van der Waals surface area contributed by atoms with Crippen LogP contribution in [0.25, 0.3) is 0 Å². The zero-order chi connectivity index (χ0) is 15.7. The first-order valence-electron chi connectivity index (χ1n) is 6.92. The molecule has 116 valence electrons. The number of carbonyl (C=O) groups excluding carboxylic acids is 1. The number of nitrogens with one attached hydrogen (secondary N) is 1. The van der Waals surface area contributed by atoms with Crippen LogP contribution in [0, 0.1) is 11.2 Å². The van der Waals surface area contributed by atoms with Gasteiger partial charge in [-0.15, -0.1) is 0 Å². The Morgan fingerprint density at radius 1 is 1.38 bits per heavy atom. The first-order valence-corrected chi connectivity index (χ1v) is 8.47. The normalized spacial score (nSPS) is 17.7. The van der Waals surface area contributed by atoms with Gasteiger partial charge in [0, 0.05) is 5.41 Å². The van der Waals surface area contributed by atoms with Gasteiger partial charge in [-0.2, -0.15) is 0 Å². The molecule has 7 heteroatoms. The summed E-state index contributed by atoms with van der Waals surface area (Å²) in [6, 6.07) is 3.12. The minimum Gasteiger partial charge on any atom is -0.323 e. The van der Waals surface area contributed by atoms with E-state index in [0.29, 0.717) is 6.42 Å². The van der Waals surface area contributed by atoms with Crippen LogP contribution in [0.5, 0.6) is 0 Å². The van der Waals surface area contributed by atoms with E-state index >= 15 is 0 Å². The highest BCUT2D eigenvalue weighted by Crippen LogP contribution is 2.42. The van der Waals surface area contributed by atoms with Gasteiger partial charge in [0.15, 0.2) is 0 Å². The van der Waals surface area contributed by atoms with Crippen LogP contribution in [0.3, 0.4) is 0 Å². The molecule has 0 saturated heterocycles. The summed E-state index contributed by atoms with van der Waals surface area (Å²) in [6.45, 7) is 1.93. The maximum absolute atomic E-state index is 13.8. The number of halogens is 1. The molecule has 0 aromatic heterocycles. The Morgan fingerprint density at radius 3 is 2.52 bits per heavy atom. The van der Waals surface area contributed by atoms with E-state index in [4.69, 9.17) is 5.14 Å². The van der Waals surface area contributed by atoms with Crippen LogP contribution >= 0.6 is 0 Å². The highest BCUT2D eigenvalue weighted by Gasteiger charge is 2.39. The molecule has 0 atom stereocenters. The van der Waals surface area contributed by atoms with Gasteiger partial charge in [0.05, 0.1) is 10.6 Å². The number of hydrogen-bond acceptors (Lipinski definition) is 3. The lowest BCUT2D eigenvalue weighted by Crippen LogP contribution is -2.33. The molecule has 1 aromatic rings. The molecule has 0 bridgehead atoms. The monoisotopic (exact) mass is 314 g/mol. The molecule has 0 heterocycles. The van der Waals surface area contributed by atoms with Crippen LogP contribution in [0.2, 0.25) is 0 Å². The van der Waals surface area contributed by atoms with Crippen molar-refractivity contribution in [3.05, 3.63) is 24.0 Å². The van der Waals surface area contributed by atoms with E-state index in [-0.39, 0.29) is 16.5 Å². The van der Waals surface area contributed by atoms with Crippen molar-refractivity contribution in [1.82, 2.24) is 0 Å². The molecule has 1 aromatic carbocycles. The fourth-order valence-corrected chi connectivity index (χ4v) is 3.36. The van der Waals surface area contributed by atoms with Crippen molar-refractivity contribution in [2.75, 3.05) is 5.32 Å². The van der Waals surface area contributed by atoms with Crippen molar-refractivity contribution in [2.24, 2.45) is 10.6 Å². The highest BCUT2D eigenvalue weighted by molar-refractivity contribution is 7.89. The molecule has 1 aliphatic carbocycles. The number of carbonyl (C=O) groups is 1. The first-order chi connectivity index (χ1) is 9.78. The molecule has 2 rings (SSSR count). The number of sulfonamides is 1. The zero-order valence-electron chi connectivity index (χ0n) is 11.9. The van der Waals surface area contributed by atoms with Crippen molar-refractivity contribution in [3.63, 3.8) is 0 Å². The van der Waals surface area contributed by atoms with Gasteiger partial charge in [-0.1, -0.05) is 19.8 Å². The Hall–Kier alpha value is -1.47. The molecule has 1 saturated carbocycles. The number of nitrogens with two attached hydrogens (primary N) is 1.